The highest BCUT2D eigenvalue weighted by molar-refractivity contribution is 9.10. The highest BCUT2D eigenvalue weighted by Gasteiger charge is 2.37. The van der Waals surface area contributed by atoms with Crippen molar-refractivity contribution in [1.82, 2.24) is 10.2 Å². The Balaban J connectivity index is 1.59. The largest absolute Gasteiger partial charge is 0.378 e. The van der Waals surface area contributed by atoms with Crippen molar-refractivity contribution in [3.63, 3.8) is 0 Å². The SMILES string of the molecule is C[C@@H](NC(=O)[C@@H]1CC(=O)N(c2ccccc2Br)C1)C(=O)N1CCOCC1. The van der Waals surface area contributed by atoms with E-state index in [2.05, 4.69) is 21.2 Å². The lowest BCUT2D eigenvalue weighted by atomic mass is 10.1. The number of halogens is 1. The van der Waals surface area contributed by atoms with Gasteiger partial charge in [-0.2, -0.15) is 0 Å². The minimum Gasteiger partial charge on any atom is -0.378 e. The first-order valence-corrected chi connectivity index (χ1v) is 9.48. The summed E-state index contributed by atoms with van der Waals surface area (Å²) in [5.41, 5.74) is 0.755. The van der Waals surface area contributed by atoms with Crippen molar-refractivity contribution in [2.75, 3.05) is 37.7 Å². The molecule has 3 amide bonds. The first kappa shape index (κ1) is 18.8. The Hall–Kier alpha value is -1.93. The molecule has 2 saturated heterocycles. The average Bonchev–Trinajstić information content (AvgIpc) is 3.04. The zero-order valence-corrected chi connectivity index (χ0v) is 16.2. The van der Waals surface area contributed by atoms with E-state index in [-0.39, 0.29) is 24.1 Å². The van der Waals surface area contributed by atoms with Crippen LogP contribution in [0, 0.1) is 5.92 Å². The van der Waals surface area contributed by atoms with Gasteiger partial charge in [-0.25, -0.2) is 0 Å². The number of morpholine rings is 1. The molecule has 0 spiro atoms. The maximum atomic E-state index is 12.6. The molecule has 1 aromatic carbocycles. The smallest absolute Gasteiger partial charge is 0.245 e. The van der Waals surface area contributed by atoms with E-state index in [0.29, 0.717) is 32.8 Å². The molecule has 0 saturated carbocycles. The molecule has 2 aliphatic rings. The number of ether oxygens (including phenoxy) is 1. The van der Waals surface area contributed by atoms with Crippen LogP contribution in [0.4, 0.5) is 5.69 Å². The fourth-order valence-corrected chi connectivity index (χ4v) is 3.74. The number of amides is 3. The zero-order valence-electron chi connectivity index (χ0n) is 14.6. The van der Waals surface area contributed by atoms with E-state index in [0.717, 1.165) is 10.2 Å². The summed E-state index contributed by atoms with van der Waals surface area (Å²) in [5, 5.41) is 2.76. The van der Waals surface area contributed by atoms with E-state index in [4.69, 9.17) is 4.74 Å². The van der Waals surface area contributed by atoms with Crippen LogP contribution in [0.3, 0.4) is 0 Å². The number of nitrogens with zero attached hydrogens (tertiary/aromatic N) is 2. The van der Waals surface area contributed by atoms with Crippen LogP contribution < -0.4 is 10.2 Å². The molecule has 0 aromatic heterocycles. The van der Waals surface area contributed by atoms with Gasteiger partial charge in [0.1, 0.15) is 6.04 Å². The first-order valence-electron chi connectivity index (χ1n) is 8.69. The third kappa shape index (κ3) is 4.07. The molecule has 140 valence electrons. The third-order valence-corrected chi connectivity index (χ3v) is 5.36. The highest BCUT2D eigenvalue weighted by Crippen LogP contribution is 2.31. The van der Waals surface area contributed by atoms with E-state index >= 15 is 0 Å². The Morgan fingerprint density at radius 2 is 1.96 bits per heavy atom. The van der Waals surface area contributed by atoms with Crippen molar-refractivity contribution in [2.45, 2.75) is 19.4 Å². The minimum absolute atomic E-state index is 0.0933. The summed E-state index contributed by atoms with van der Waals surface area (Å²) in [5.74, 6) is -0.936. The van der Waals surface area contributed by atoms with Gasteiger partial charge >= 0.3 is 0 Å². The Morgan fingerprint density at radius 1 is 1.27 bits per heavy atom. The lowest BCUT2D eigenvalue weighted by Crippen LogP contribution is -2.51. The Morgan fingerprint density at radius 3 is 2.65 bits per heavy atom. The lowest BCUT2D eigenvalue weighted by molar-refractivity contribution is -0.140. The monoisotopic (exact) mass is 423 g/mol. The molecule has 1 N–H and O–H groups in total. The van der Waals surface area contributed by atoms with Gasteiger partial charge in [0.25, 0.3) is 0 Å². The summed E-state index contributed by atoms with van der Waals surface area (Å²) in [6, 6.07) is 6.81. The molecular weight excluding hydrogens is 402 g/mol. The van der Waals surface area contributed by atoms with Gasteiger partial charge in [-0.3, -0.25) is 14.4 Å². The van der Waals surface area contributed by atoms with Crippen LogP contribution in [-0.4, -0.2) is 61.5 Å². The quantitative estimate of drug-likeness (QED) is 0.787. The maximum absolute atomic E-state index is 12.6. The number of para-hydroxylation sites is 1. The van der Waals surface area contributed by atoms with Crippen molar-refractivity contribution in [1.29, 1.82) is 0 Å². The summed E-state index contributed by atoms with van der Waals surface area (Å²) >= 11 is 3.44. The molecule has 2 aliphatic heterocycles. The third-order valence-electron chi connectivity index (χ3n) is 4.69. The molecule has 26 heavy (non-hydrogen) atoms. The lowest BCUT2D eigenvalue weighted by Gasteiger charge is -2.29. The van der Waals surface area contributed by atoms with E-state index in [9.17, 15) is 14.4 Å². The van der Waals surface area contributed by atoms with E-state index < -0.39 is 12.0 Å². The second kappa shape index (κ2) is 8.18. The molecular formula is C18H22BrN3O4. The van der Waals surface area contributed by atoms with E-state index in [1.54, 1.807) is 16.7 Å². The summed E-state index contributed by atoms with van der Waals surface area (Å²) in [6.07, 6.45) is 0.144. The van der Waals surface area contributed by atoms with Crippen molar-refractivity contribution >= 4 is 39.3 Å². The van der Waals surface area contributed by atoms with Crippen LogP contribution in [-0.2, 0) is 19.1 Å². The van der Waals surface area contributed by atoms with Gasteiger partial charge in [-0.15, -0.1) is 0 Å². The van der Waals surface area contributed by atoms with Crippen LogP contribution in [0.2, 0.25) is 0 Å². The molecule has 2 heterocycles. The summed E-state index contributed by atoms with van der Waals surface area (Å²) in [7, 11) is 0. The summed E-state index contributed by atoms with van der Waals surface area (Å²) < 4.78 is 6.05. The van der Waals surface area contributed by atoms with E-state index in [1.165, 1.54) is 0 Å². The molecule has 8 heteroatoms. The van der Waals surface area contributed by atoms with E-state index in [1.807, 2.05) is 24.3 Å². The molecule has 2 fully saturated rings. The molecule has 0 radical (unpaired) electrons. The van der Waals surface area contributed by atoms with Gasteiger partial charge < -0.3 is 19.9 Å². The van der Waals surface area contributed by atoms with Gasteiger partial charge in [0, 0.05) is 30.5 Å². The fourth-order valence-electron chi connectivity index (χ4n) is 3.24. The van der Waals surface area contributed by atoms with Crippen LogP contribution in [0.1, 0.15) is 13.3 Å². The molecule has 3 rings (SSSR count). The Kier molecular flexibility index (Phi) is 5.93. The van der Waals surface area contributed by atoms with Crippen molar-refractivity contribution in [2.24, 2.45) is 5.92 Å². The van der Waals surface area contributed by atoms with Gasteiger partial charge in [0.05, 0.1) is 24.8 Å². The molecule has 0 unspecified atom stereocenters. The number of rotatable bonds is 4. The number of hydrogen-bond donors (Lipinski definition) is 1. The normalized spacial score (nSPS) is 21.6. The highest BCUT2D eigenvalue weighted by atomic mass is 79.9. The maximum Gasteiger partial charge on any atom is 0.245 e. The summed E-state index contributed by atoms with van der Waals surface area (Å²) in [6.45, 7) is 4.10. The van der Waals surface area contributed by atoms with Crippen LogP contribution in [0.25, 0.3) is 0 Å². The van der Waals surface area contributed by atoms with Crippen LogP contribution in [0.15, 0.2) is 28.7 Å². The van der Waals surface area contributed by atoms with Gasteiger partial charge in [-0.05, 0) is 35.0 Å². The Bertz CT molecular complexity index is 705. The number of benzene rings is 1. The number of nitrogens with one attached hydrogen (secondary N) is 1. The molecule has 2 atom stereocenters. The van der Waals surface area contributed by atoms with Crippen molar-refractivity contribution in [3.8, 4) is 0 Å². The second-order valence-corrected chi connectivity index (χ2v) is 7.38. The number of carbonyl (C=O) groups excluding carboxylic acids is 3. The number of hydrogen-bond acceptors (Lipinski definition) is 4. The van der Waals surface area contributed by atoms with Crippen molar-refractivity contribution in [3.05, 3.63) is 28.7 Å². The number of anilines is 1. The van der Waals surface area contributed by atoms with Gasteiger partial charge in [0.2, 0.25) is 17.7 Å². The van der Waals surface area contributed by atoms with Gasteiger partial charge in [-0.1, -0.05) is 12.1 Å². The number of carbonyl (C=O) groups is 3. The molecule has 1 aromatic rings. The predicted octanol–water partition coefficient (Wildman–Crippen LogP) is 1.17. The van der Waals surface area contributed by atoms with Crippen LogP contribution >= 0.6 is 15.9 Å². The molecule has 7 nitrogen and oxygen atoms in total. The fraction of sp³-hybridized carbons (Fsp3) is 0.500. The van der Waals surface area contributed by atoms with Crippen molar-refractivity contribution < 1.29 is 19.1 Å². The molecule has 0 bridgehead atoms. The zero-order chi connectivity index (χ0) is 18.7. The van der Waals surface area contributed by atoms with Crippen LogP contribution in [0.5, 0.6) is 0 Å². The minimum atomic E-state index is -0.617. The first-order chi connectivity index (χ1) is 12.5. The van der Waals surface area contributed by atoms with Gasteiger partial charge in [0.15, 0.2) is 0 Å². The predicted molar refractivity (Wildman–Crippen MR) is 99.6 cm³/mol. The summed E-state index contributed by atoms with van der Waals surface area (Å²) in [4.78, 5) is 40.6. The standard InChI is InChI=1S/C18H22BrN3O4/c1-12(18(25)21-6-8-26-9-7-21)20-17(24)13-10-16(23)22(11-13)15-5-3-2-4-14(15)19/h2-5,12-13H,6-11H2,1H3,(H,20,24)/t12-,13-/m1/s1. The topological polar surface area (TPSA) is 79.0 Å². The Labute approximate surface area is 160 Å². The average molecular weight is 424 g/mol. The second-order valence-electron chi connectivity index (χ2n) is 6.52. The molecule has 0 aliphatic carbocycles.